The Bertz CT molecular complexity index is 442. The highest BCUT2D eigenvalue weighted by Crippen LogP contribution is 2.38. The second-order valence-electron chi connectivity index (χ2n) is 6.15. The van der Waals surface area contributed by atoms with E-state index in [1.807, 2.05) is 0 Å². The van der Waals surface area contributed by atoms with Gasteiger partial charge in [0.1, 0.15) is 0 Å². The number of rotatable bonds is 4. The molecular weight excluding hydrogens is 266 g/mol. The van der Waals surface area contributed by atoms with E-state index in [-0.39, 0.29) is 5.60 Å². The summed E-state index contributed by atoms with van der Waals surface area (Å²) in [7, 11) is 0. The molecule has 1 N–H and O–H groups in total. The molecule has 2 saturated heterocycles. The van der Waals surface area contributed by atoms with Gasteiger partial charge in [-0.05, 0) is 56.0 Å². The highest BCUT2D eigenvalue weighted by Gasteiger charge is 2.40. The van der Waals surface area contributed by atoms with Gasteiger partial charge < -0.3 is 10.1 Å². The first-order valence-electron chi connectivity index (χ1n) is 7.77. The molecule has 110 valence electrons. The number of hydrogen-bond donors (Lipinski definition) is 1. The molecule has 1 spiro atoms. The highest BCUT2D eigenvalue weighted by molar-refractivity contribution is 7.99. The van der Waals surface area contributed by atoms with Crippen molar-refractivity contribution in [3.63, 3.8) is 0 Å². The molecule has 1 aromatic rings. The van der Waals surface area contributed by atoms with E-state index in [4.69, 9.17) is 4.74 Å². The summed E-state index contributed by atoms with van der Waals surface area (Å²) in [5.74, 6) is 2.47. The normalized spacial score (nSPS) is 29.9. The van der Waals surface area contributed by atoms with Crippen LogP contribution in [0.5, 0.6) is 0 Å². The lowest BCUT2D eigenvalue weighted by Crippen LogP contribution is -2.47. The van der Waals surface area contributed by atoms with E-state index >= 15 is 0 Å². The first kappa shape index (κ1) is 14.4. The second kappa shape index (κ2) is 6.50. The molecule has 1 aromatic carbocycles. The van der Waals surface area contributed by atoms with Gasteiger partial charge in [0.05, 0.1) is 5.60 Å². The molecule has 0 radical (unpaired) electrons. The van der Waals surface area contributed by atoms with E-state index < -0.39 is 0 Å². The Morgan fingerprint density at radius 2 is 2.30 bits per heavy atom. The van der Waals surface area contributed by atoms with Gasteiger partial charge in [0, 0.05) is 18.4 Å². The molecule has 2 aliphatic heterocycles. The minimum atomic E-state index is 0.198. The molecular formula is C17H25NOS. The van der Waals surface area contributed by atoms with Crippen molar-refractivity contribution in [2.24, 2.45) is 0 Å². The van der Waals surface area contributed by atoms with Crippen LogP contribution in [-0.4, -0.2) is 36.3 Å². The van der Waals surface area contributed by atoms with E-state index in [0.717, 1.165) is 19.6 Å². The van der Waals surface area contributed by atoms with Crippen molar-refractivity contribution in [3.8, 4) is 0 Å². The fraction of sp³-hybridized carbons (Fsp3) is 0.647. The fourth-order valence-corrected chi connectivity index (χ4v) is 4.75. The van der Waals surface area contributed by atoms with Crippen LogP contribution in [0.1, 0.15) is 30.4 Å². The fourth-order valence-electron chi connectivity index (χ4n) is 3.37. The van der Waals surface area contributed by atoms with Gasteiger partial charge >= 0.3 is 0 Å². The van der Waals surface area contributed by atoms with Crippen LogP contribution < -0.4 is 5.32 Å². The average Bonchev–Trinajstić information content (AvgIpc) is 2.89. The van der Waals surface area contributed by atoms with Crippen molar-refractivity contribution < 1.29 is 4.74 Å². The van der Waals surface area contributed by atoms with Crippen molar-refractivity contribution in [1.82, 2.24) is 5.32 Å². The van der Waals surface area contributed by atoms with Crippen LogP contribution in [0.4, 0.5) is 0 Å². The standard InChI is InChI=1S/C17H25NOS/c1-14-4-2-3-5-15(14)6-9-18-16-7-10-19-17(12-16)8-11-20-13-17/h2-5,16,18H,6-13H2,1H3. The Morgan fingerprint density at radius 3 is 3.10 bits per heavy atom. The second-order valence-corrected chi connectivity index (χ2v) is 7.26. The van der Waals surface area contributed by atoms with Crippen LogP contribution in [0.3, 0.4) is 0 Å². The molecule has 20 heavy (non-hydrogen) atoms. The van der Waals surface area contributed by atoms with Gasteiger partial charge in [-0.1, -0.05) is 24.3 Å². The third-order valence-corrected chi connectivity index (χ3v) is 5.87. The van der Waals surface area contributed by atoms with Gasteiger partial charge in [0.2, 0.25) is 0 Å². The summed E-state index contributed by atoms with van der Waals surface area (Å²) in [6, 6.07) is 9.35. The van der Waals surface area contributed by atoms with Crippen molar-refractivity contribution in [3.05, 3.63) is 35.4 Å². The topological polar surface area (TPSA) is 21.3 Å². The van der Waals surface area contributed by atoms with Gasteiger partial charge in [-0.2, -0.15) is 11.8 Å². The van der Waals surface area contributed by atoms with Crippen LogP contribution in [0, 0.1) is 6.92 Å². The number of ether oxygens (including phenoxy) is 1. The summed E-state index contributed by atoms with van der Waals surface area (Å²) in [5.41, 5.74) is 3.08. The van der Waals surface area contributed by atoms with E-state index in [0.29, 0.717) is 6.04 Å². The van der Waals surface area contributed by atoms with E-state index in [2.05, 4.69) is 48.3 Å². The van der Waals surface area contributed by atoms with Crippen molar-refractivity contribution >= 4 is 11.8 Å². The quantitative estimate of drug-likeness (QED) is 0.920. The molecule has 3 heteroatoms. The minimum absolute atomic E-state index is 0.198. The summed E-state index contributed by atoms with van der Waals surface area (Å²) in [4.78, 5) is 0. The van der Waals surface area contributed by atoms with E-state index in [9.17, 15) is 0 Å². The molecule has 2 fully saturated rings. The summed E-state index contributed by atoms with van der Waals surface area (Å²) in [6.45, 7) is 4.22. The zero-order chi connectivity index (χ0) is 13.8. The third-order valence-electron chi connectivity index (χ3n) is 4.65. The summed E-state index contributed by atoms with van der Waals surface area (Å²) in [6.07, 6.45) is 4.74. The van der Waals surface area contributed by atoms with Gasteiger partial charge in [-0.25, -0.2) is 0 Å². The lowest BCUT2D eigenvalue weighted by Gasteiger charge is -2.38. The van der Waals surface area contributed by atoms with E-state index in [1.54, 1.807) is 0 Å². The summed E-state index contributed by atoms with van der Waals surface area (Å²) >= 11 is 2.05. The van der Waals surface area contributed by atoms with Gasteiger partial charge in [-0.3, -0.25) is 0 Å². The Balaban J connectivity index is 1.48. The molecule has 0 aliphatic carbocycles. The molecule has 3 rings (SSSR count). The highest BCUT2D eigenvalue weighted by atomic mass is 32.2. The minimum Gasteiger partial charge on any atom is -0.374 e. The zero-order valence-corrected chi connectivity index (χ0v) is 13.2. The Hall–Kier alpha value is -0.510. The first-order chi connectivity index (χ1) is 9.77. The molecule has 0 aromatic heterocycles. The number of thioether (sulfide) groups is 1. The van der Waals surface area contributed by atoms with Crippen molar-refractivity contribution in [2.45, 2.75) is 44.2 Å². The molecule has 0 amide bonds. The maximum atomic E-state index is 6.08. The van der Waals surface area contributed by atoms with E-state index in [1.165, 1.54) is 41.9 Å². The molecule has 2 unspecified atom stereocenters. The van der Waals surface area contributed by atoms with Crippen LogP contribution in [0.25, 0.3) is 0 Å². The predicted octanol–water partition coefficient (Wildman–Crippen LogP) is 3.18. The van der Waals surface area contributed by atoms with Gasteiger partial charge in [0.15, 0.2) is 0 Å². The predicted molar refractivity (Wildman–Crippen MR) is 86.5 cm³/mol. The van der Waals surface area contributed by atoms with Crippen LogP contribution in [0.15, 0.2) is 24.3 Å². The maximum Gasteiger partial charge on any atom is 0.0795 e. The number of benzene rings is 1. The van der Waals surface area contributed by atoms with Crippen LogP contribution in [-0.2, 0) is 11.2 Å². The SMILES string of the molecule is Cc1ccccc1CCNC1CCOC2(CCSC2)C1. The zero-order valence-electron chi connectivity index (χ0n) is 12.4. The molecule has 0 bridgehead atoms. The van der Waals surface area contributed by atoms with Crippen LogP contribution in [0.2, 0.25) is 0 Å². The Kier molecular flexibility index (Phi) is 4.69. The molecule has 0 saturated carbocycles. The number of aryl methyl sites for hydroxylation is 1. The lowest BCUT2D eigenvalue weighted by molar-refractivity contribution is -0.0699. The van der Waals surface area contributed by atoms with Gasteiger partial charge in [0.25, 0.3) is 0 Å². The summed E-state index contributed by atoms with van der Waals surface area (Å²) < 4.78 is 6.08. The Labute approximate surface area is 126 Å². The molecule has 2 nitrogen and oxygen atoms in total. The smallest absolute Gasteiger partial charge is 0.0795 e. The third kappa shape index (κ3) is 3.38. The summed E-state index contributed by atoms with van der Waals surface area (Å²) in [5, 5.41) is 3.76. The van der Waals surface area contributed by atoms with Crippen LogP contribution >= 0.6 is 11.8 Å². The number of hydrogen-bond acceptors (Lipinski definition) is 3. The van der Waals surface area contributed by atoms with Gasteiger partial charge in [-0.15, -0.1) is 0 Å². The molecule has 2 aliphatic rings. The number of nitrogens with one attached hydrogen (secondary N) is 1. The lowest BCUT2D eigenvalue weighted by atomic mass is 9.90. The maximum absolute atomic E-state index is 6.08. The average molecular weight is 291 g/mol. The van der Waals surface area contributed by atoms with Crippen molar-refractivity contribution in [1.29, 1.82) is 0 Å². The molecule has 2 heterocycles. The largest absolute Gasteiger partial charge is 0.374 e. The first-order valence-corrected chi connectivity index (χ1v) is 8.93. The Morgan fingerprint density at radius 1 is 1.40 bits per heavy atom. The molecule has 2 atom stereocenters. The monoisotopic (exact) mass is 291 g/mol. The van der Waals surface area contributed by atoms with Crippen molar-refractivity contribution in [2.75, 3.05) is 24.7 Å².